The molecule has 5 nitrogen and oxygen atoms in total. The molecule has 0 radical (unpaired) electrons. The minimum atomic E-state index is 0.446. The smallest absolute Gasteiger partial charge is 0.246 e. The summed E-state index contributed by atoms with van der Waals surface area (Å²) in [5.74, 6) is 2.00. The van der Waals surface area contributed by atoms with Crippen LogP contribution in [-0.2, 0) is 13.0 Å². The highest BCUT2D eigenvalue weighted by Crippen LogP contribution is 2.31. The summed E-state index contributed by atoms with van der Waals surface area (Å²) in [5, 5.41) is 4.14. The second-order valence-electron chi connectivity index (χ2n) is 6.39. The van der Waals surface area contributed by atoms with Gasteiger partial charge in [0.15, 0.2) is 0 Å². The Balaban J connectivity index is 1.59. The lowest BCUT2D eigenvalue weighted by Crippen LogP contribution is -2.36. The van der Waals surface area contributed by atoms with Crippen LogP contribution in [0.25, 0.3) is 11.4 Å². The highest BCUT2D eigenvalue weighted by atomic mass is 16.5. The van der Waals surface area contributed by atoms with Crippen molar-refractivity contribution >= 4 is 5.69 Å². The predicted octanol–water partition coefficient (Wildman–Crippen LogP) is 4.09. The zero-order valence-corrected chi connectivity index (χ0v) is 14.5. The van der Waals surface area contributed by atoms with Gasteiger partial charge in [-0.15, -0.1) is 0 Å². The maximum Gasteiger partial charge on any atom is 0.246 e. The third-order valence-electron chi connectivity index (χ3n) is 4.77. The van der Waals surface area contributed by atoms with E-state index in [0.717, 1.165) is 24.2 Å². The van der Waals surface area contributed by atoms with Crippen LogP contribution in [0.4, 0.5) is 5.69 Å². The van der Waals surface area contributed by atoms with Crippen LogP contribution in [0.15, 0.2) is 53.1 Å². The fraction of sp³-hybridized carbons (Fsp3) is 0.300. The van der Waals surface area contributed by atoms with Gasteiger partial charge in [0.1, 0.15) is 5.75 Å². The van der Waals surface area contributed by atoms with E-state index < -0.39 is 0 Å². The number of aromatic nitrogens is 2. The summed E-state index contributed by atoms with van der Waals surface area (Å²) in [4.78, 5) is 6.93. The van der Waals surface area contributed by atoms with Crippen molar-refractivity contribution in [2.45, 2.75) is 32.4 Å². The number of para-hydroxylation sites is 1. The number of benzene rings is 2. The molecule has 1 unspecified atom stereocenters. The van der Waals surface area contributed by atoms with Crippen molar-refractivity contribution in [1.29, 1.82) is 0 Å². The van der Waals surface area contributed by atoms with Gasteiger partial charge in [0.05, 0.1) is 13.7 Å². The van der Waals surface area contributed by atoms with E-state index in [-0.39, 0.29) is 0 Å². The van der Waals surface area contributed by atoms with Crippen molar-refractivity contribution in [2.75, 3.05) is 12.0 Å². The first kappa shape index (κ1) is 15.7. The molecule has 0 saturated carbocycles. The Labute approximate surface area is 147 Å². The molecule has 0 bridgehead atoms. The Morgan fingerprint density at radius 1 is 1.20 bits per heavy atom. The average molecular weight is 335 g/mol. The van der Waals surface area contributed by atoms with E-state index in [1.54, 1.807) is 7.11 Å². The number of anilines is 1. The van der Waals surface area contributed by atoms with Crippen molar-refractivity contribution in [2.24, 2.45) is 0 Å². The van der Waals surface area contributed by atoms with Crippen molar-refractivity contribution in [3.05, 3.63) is 60.0 Å². The third kappa shape index (κ3) is 3.09. The molecule has 1 atom stereocenters. The second-order valence-corrected chi connectivity index (χ2v) is 6.39. The third-order valence-corrected chi connectivity index (χ3v) is 4.77. The first-order chi connectivity index (χ1) is 12.2. The van der Waals surface area contributed by atoms with Gasteiger partial charge >= 0.3 is 0 Å². The molecule has 2 heterocycles. The zero-order valence-electron chi connectivity index (χ0n) is 14.5. The molecule has 0 spiro atoms. The fourth-order valence-corrected chi connectivity index (χ4v) is 3.35. The quantitative estimate of drug-likeness (QED) is 0.719. The molecule has 1 aromatic heterocycles. The minimum absolute atomic E-state index is 0.446. The molecule has 3 aromatic rings. The Hall–Kier alpha value is -2.82. The summed E-state index contributed by atoms with van der Waals surface area (Å²) in [7, 11) is 1.65. The van der Waals surface area contributed by atoms with Gasteiger partial charge in [0, 0.05) is 17.3 Å². The Bertz CT molecular complexity index is 875. The molecule has 4 rings (SSSR count). The summed E-state index contributed by atoms with van der Waals surface area (Å²) in [6.45, 7) is 2.87. The Morgan fingerprint density at radius 3 is 2.96 bits per heavy atom. The van der Waals surface area contributed by atoms with Gasteiger partial charge in [0.2, 0.25) is 11.7 Å². The molecule has 1 aliphatic heterocycles. The molecule has 1 aliphatic rings. The van der Waals surface area contributed by atoms with Gasteiger partial charge in [0.25, 0.3) is 0 Å². The lowest BCUT2D eigenvalue weighted by molar-refractivity contribution is 0.369. The molecule has 0 saturated heterocycles. The van der Waals surface area contributed by atoms with Crippen LogP contribution >= 0.6 is 0 Å². The van der Waals surface area contributed by atoms with Crippen LogP contribution in [-0.4, -0.2) is 23.3 Å². The summed E-state index contributed by atoms with van der Waals surface area (Å²) >= 11 is 0. The largest absolute Gasteiger partial charge is 0.497 e. The SMILES string of the molecule is COc1cccc(-c2noc(CN3c4ccccc4CCC3C)n2)c1. The van der Waals surface area contributed by atoms with Crippen LogP contribution in [0, 0.1) is 0 Å². The van der Waals surface area contributed by atoms with Gasteiger partial charge in [-0.25, -0.2) is 0 Å². The number of nitrogens with zero attached hydrogens (tertiary/aromatic N) is 3. The molecule has 0 aliphatic carbocycles. The van der Waals surface area contributed by atoms with Gasteiger partial charge in [-0.3, -0.25) is 0 Å². The van der Waals surface area contributed by atoms with E-state index >= 15 is 0 Å². The number of aryl methyl sites for hydroxylation is 1. The van der Waals surface area contributed by atoms with E-state index in [0.29, 0.717) is 24.3 Å². The molecule has 25 heavy (non-hydrogen) atoms. The highest BCUT2D eigenvalue weighted by molar-refractivity contribution is 5.58. The monoisotopic (exact) mass is 335 g/mol. The summed E-state index contributed by atoms with van der Waals surface area (Å²) in [5.41, 5.74) is 3.54. The normalized spacial score (nSPS) is 16.6. The van der Waals surface area contributed by atoms with Crippen molar-refractivity contribution in [1.82, 2.24) is 10.1 Å². The lowest BCUT2D eigenvalue weighted by atomic mass is 9.97. The number of methoxy groups -OCH3 is 1. The van der Waals surface area contributed by atoms with Crippen LogP contribution in [0.2, 0.25) is 0 Å². The second kappa shape index (κ2) is 6.59. The standard InChI is InChI=1S/C20H21N3O2/c1-14-10-11-15-6-3-4-9-18(15)23(14)13-19-21-20(22-25-19)16-7-5-8-17(12-16)24-2/h3-9,12,14H,10-11,13H2,1-2H3. The van der Waals surface area contributed by atoms with Crippen molar-refractivity contribution < 1.29 is 9.26 Å². The van der Waals surface area contributed by atoms with Gasteiger partial charge in [-0.05, 0) is 43.5 Å². The fourth-order valence-electron chi connectivity index (χ4n) is 3.35. The number of hydrogen-bond donors (Lipinski definition) is 0. The zero-order chi connectivity index (χ0) is 17.2. The molecule has 0 fully saturated rings. The number of rotatable bonds is 4. The average Bonchev–Trinajstić information content (AvgIpc) is 3.13. The van der Waals surface area contributed by atoms with Crippen LogP contribution in [0.3, 0.4) is 0 Å². The van der Waals surface area contributed by atoms with Gasteiger partial charge in [-0.1, -0.05) is 35.5 Å². The minimum Gasteiger partial charge on any atom is -0.497 e. The Kier molecular flexibility index (Phi) is 4.14. The molecule has 0 N–H and O–H groups in total. The molecule has 0 amide bonds. The number of ether oxygens (including phenoxy) is 1. The lowest BCUT2D eigenvalue weighted by Gasteiger charge is -2.36. The molecule has 128 valence electrons. The highest BCUT2D eigenvalue weighted by Gasteiger charge is 2.24. The molecule has 5 heteroatoms. The topological polar surface area (TPSA) is 51.4 Å². The number of hydrogen-bond acceptors (Lipinski definition) is 5. The summed E-state index contributed by atoms with van der Waals surface area (Å²) in [6, 6.07) is 16.7. The number of fused-ring (bicyclic) bond motifs is 1. The maximum absolute atomic E-state index is 5.52. The molecule has 2 aromatic carbocycles. The molecular weight excluding hydrogens is 314 g/mol. The van der Waals surface area contributed by atoms with Crippen LogP contribution in [0.1, 0.15) is 24.8 Å². The van der Waals surface area contributed by atoms with E-state index in [1.807, 2.05) is 24.3 Å². The van der Waals surface area contributed by atoms with Crippen molar-refractivity contribution in [3.63, 3.8) is 0 Å². The van der Waals surface area contributed by atoms with E-state index in [2.05, 4.69) is 46.2 Å². The van der Waals surface area contributed by atoms with Gasteiger partial charge in [-0.2, -0.15) is 4.98 Å². The van der Waals surface area contributed by atoms with Crippen LogP contribution in [0.5, 0.6) is 5.75 Å². The van der Waals surface area contributed by atoms with E-state index in [1.165, 1.54) is 11.3 Å². The maximum atomic E-state index is 5.52. The summed E-state index contributed by atoms with van der Waals surface area (Å²) < 4.78 is 10.8. The Morgan fingerprint density at radius 2 is 2.08 bits per heavy atom. The van der Waals surface area contributed by atoms with Gasteiger partial charge < -0.3 is 14.2 Å². The predicted molar refractivity (Wildman–Crippen MR) is 96.7 cm³/mol. The summed E-state index contributed by atoms with van der Waals surface area (Å²) in [6.07, 6.45) is 2.25. The van der Waals surface area contributed by atoms with Crippen LogP contribution < -0.4 is 9.64 Å². The van der Waals surface area contributed by atoms with E-state index in [4.69, 9.17) is 9.26 Å². The first-order valence-electron chi connectivity index (χ1n) is 8.56. The van der Waals surface area contributed by atoms with E-state index in [9.17, 15) is 0 Å². The first-order valence-corrected chi connectivity index (χ1v) is 8.56. The van der Waals surface area contributed by atoms with Crippen molar-refractivity contribution in [3.8, 4) is 17.1 Å². The molecular formula is C20H21N3O2.